The SMILES string of the molecule is CC.Cc1cccc(F)c1C/C(N)=N/OC(=O)c1cc(C(F)F)n(C)n1. The maximum absolute atomic E-state index is 13.7. The third-order valence-corrected chi connectivity index (χ3v) is 3.31. The first-order chi connectivity index (χ1) is 12.3. The molecule has 0 radical (unpaired) electrons. The summed E-state index contributed by atoms with van der Waals surface area (Å²) in [5, 5.41) is 7.02. The van der Waals surface area contributed by atoms with Crippen molar-refractivity contribution in [2.24, 2.45) is 17.9 Å². The molecule has 0 spiro atoms. The number of alkyl halides is 2. The number of benzene rings is 1. The summed E-state index contributed by atoms with van der Waals surface area (Å²) in [6.45, 7) is 5.71. The average molecular weight is 370 g/mol. The van der Waals surface area contributed by atoms with Crippen molar-refractivity contribution < 1.29 is 22.8 Å². The predicted molar refractivity (Wildman–Crippen MR) is 91.4 cm³/mol. The van der Waals surface area contributed by atoms with Crippen molar-refractivity contribution in [3.63, 3.8) is 0 Å². The van der Waals surface area contributed by atoms with Crippen LogP contribution in [0.3, 0.4) is 0 Å². The summed E-state index contributed by atoms with van der Waals surface area (Å²) >= 11 is 0. The molecule has 0 saturated carbocycles. The molecule has 2 aromatic rings. The molecule has 6 nitrogen and oxygen atoms in total. The maximum atomic E-state index is 13.7. The smallest absolute Gasteiger partial charge is 0.384 e. The van der Waals surface area contributed by atoms with Crippen LogP contribution in [-0.2, 0) is 18.3 Å². The molecule has 26 heavy (non-hydrogen) atoms. The number of nitrogens with zero attached hydrogens (tertiary/aromatic N) is 3. The van der Waals surface area contributed by atoms with Gasteiger partial charge in [0.2, 0.25) is 0 Å². The normalized spacial score (nSPS) is 11.2. The second-order valence-corrected chi connectivity index (χ2v) is 5.05. The molecule has 0 saturated heterocycles. The molecule has 1 aromatic heterocycles. The lowest BCUT2D eigenvalue weighted by molar-refractivity contribution is 0.0507. The summed E-state index contributed by atoms with van der Waals surface area (Å²) in [4.78, 5) is 16.3. The molecule has 0 aliphatic carbocycles. The number of oxime groups is 1. The van der Waals surface area contributed by atoms with E-state index in [1.165, 1.54) is 13.1 Å². The van der Waals surface area contributed by atoms with Gasteiger partial charge in [-0.05, 0) is 24.1 Å². The minimum atomic E-state index is -2.78. The molecule has 142 valence electrons. The lowest BCUT2D eigenvalue weighted by atomic mass is 10.0. The summed E-state index contributed by atoms with van der Waals surface area (Å²) < 4.78 is 39.8. The van der Waals surface area contributed by atoms with Gasteiger partial charge in [-0.15, -0.1) is 0 Å². The average Bonchev–Trinajstić information content (AvgIpc) is 3.00. The number of aryl methyl sites for hydroxylation is 2. The van der Waals surface area contributed by atoms with E-state index in [-0.39, 0.29) is 18.0 Å². The van der Waals surface area contributed by atoms with E-state index >= 15 is 0 Å². The van der Waals surface area contributed by atoms with Gasteiger partial charge in [-0.25, -0.2) is 18.0 Å². The number of hydrogen-bond acceptors (Lipinski definition) is 4. The van der Waals surface area contributed by atoms with Crippen LogP contribution in [0, 0.1) is 12.7 Å². The van der Waals surface area contributed by atoms with E-state index in [2.05, 4.69) is 15.1 Å². The molecule has 0 aliphatic heterocycles. The number of carbonyl (C=O) groups is 1. The summed E-state index contributed by atoms with van der Waals surface area (Å²) in [6.07, 6.45) is -2.84. The third kappa shape index (κ3) is 5.33. The quantitative estimate of drug-likeness (QED) is 0.378. The summed E-state index contributed by atoms with van der Waals surface area (Å²) in [5.74, 6) is -1.63. The Morgan fingerprint density at radius 2 is 2.04 bits per heavy atom. The van der Waals surface area contributed by atoms with E-state index in [4.69, 9.17) is 5.73 Å². The largest absolute Gasteiger partial charge is 0.385 e. The highest BCUT2D eigenvalue weighted by atomic mass is 19.3. The van der Waals surface area contributed by atoms with Gasteiger partial charge >= 0.3 is 5.97 Å². The van der Waals surface area contributed by atoms with Crippen molar-refractivity contribution in [3.05, 3.63) is 52.6 Å². The standard InChI is InChI=1S/C15H15F3N4O2.C2H6/c1-8-4-3-5-10(16)9(8)6-13(19)21-24-15(23)11-7-12(14(17)18)22(2)20-11;1-2/h3-5,7,14H,6H2,1-2H3,(H2,19,21);1-2H3. The van der Waals surface area contributed by atoms with Gasteiger partial charge in [-0.1, -0.05) is 31.1 Å². The number of nitrogens with two attached hydrogens (primary N) is 1. The Labute approximate surface area is 149 Å². The number of halogens is 3. The van der Waals surface area contributed by atoms with Crippen molar-refractivity contribution in [2.75, 3.05) is 0 Å². The Kier molecular flexibility index (Phi) is 7.82. The molecule has 9 heteroatoms. The zero-order chi connectivity index (χ0) is 19.9. The second kappa shape index (κ2) is 9.59. The Balaban J connectivity index is 0.00000163. The second-order valence-electron chi connectivity index (χ2n) is 5.05. The molecule has 0 bridgehead atoms. The van der Waals surface area contributed by atoms with Gasteiger partial charge in [0.15, 0.2) is 5.69 Å². The molecular formula is C17H21F3N4O2. The van der Waals surface area contributed by atoms with Gasteiger partial charge in [-0.2, -0.15) is 5.10 Å². The number of amidine groups is 1. The summed E-state index contributed by atoms with van der Waals surface area (Å²) in [6, 6.07) is 5.45. The fraction of sp³-hybridized carbons (Fsp3) is 0.353. The van der Waals surface area contributed by atoms with Crippen molar-refractivity contribution in [1.82, 2.24) is 9.78 Å². The number of carbonyl (C=O) groups excluding carboxylic acids is 1. The predicted octanol–water partition coefficient (Wildman–Crippen LogP) is 3.50. The Bertz CT molecular complexity index is 768. The van der Waals surface area contributed by atoms with Gasteiger partial charge < -0.3 is 10.6 Å². The molecule has 0 unspecified atom stereocenters. The molecule has 0 atom stereocenters. The molecule has 1 heterocycles. The van der Waals surface area contributed by atoms with Crippen LogP contribution in [0.5, 0.6) is 0 Å². The molecule has 2 rings (SSSR count). The van der Waals surface area contributed by atoms with Crippen LogP contribution >= 0.6 is 0 Å². The maximum Gasteiger partial charge on any atom is 0.385 e. The van der Waals surface area contributed by atoms with Gasteiger partial charge in [0.05, 0.1) is 0 Å². The molecule has 0 aliphatic rings. The van der Waals surface area contributed by atoms with Crippen LogP contribution in [0.2, 0.25) is 0 Å². The van der Waals surface area contributed by atoms with Crippen LogP contribution in [0.1, 0.15) is 47.6 Å². The zero-order valence-electron chi connectivity index (χ0n) is 15.0. The molecule has 0 amide bonds. The van der Waals surface area contributed by atoms with Crippen molar-refractivity contribution in [2.45, 2.75) is 33.6 Å². The summed E-state index contributed by atoms with van der Waals surface area (Å²) in [5.41, 5.74) is 5.86. The summed E-state index contributed by atoms with van der Waals surface area (Å²) in [7, 11) is 1.27. The molecular weight excluding hydrogens is 349 g/mol. The Hall–Kier alpha value is -2.84. The van der Waals surface area contributed by atoms with Crippen LogP contribution < -0.4 is 5.73 Å². The number of aromatic nitrogens is 2. The Morgan fingerprint density at radius 3 is 2.58 bits per heavy atom. The first-order valence-corrected chi connectivity index (χ1v) is 7.89. The minimum Gasteiger partial charge on any atom is -0.384 e. The monoisotopic (exact) mass is 370 g/mol. The highest BCUT2D eigenvalue weighted by Crippen LogP contribution is 2.19. The number of hydrogen-bond donors (Lipinski definition) is 1. The van der Waals surface area contributed by atoms with Crippen molar-refractivity contribution >= 4 is 11.8 Å². The van der Waals surface area contributed by atoms with Crippen molar-refractivity contribution in [1.29, 1.82) is 0 Å². The third-order valence-electron chi connectivity index (χ3n) is 3.31. The van der Waals surface area contributed by atoms with E-state index in [0.717, 1.165) is 10.7 Å². The van der Waals surface area contributed by atoms with E-state index in [1.807, 2.05) is 13.8 Å². The fourth-order valence-electron chi connectivity index (χ4n) is 2.04. The lowest BCUT2D eigenvalue weighted by Crippen LogP contribution is -2.18. The zero-order valence-corrected chi connectivity index (χ0v) is 15.0. The number of rotatable bonds is 5. The lowest BCUT2D eigenvalue weighted by Gasteiger charge is -2.06. The van der Waals surface area contributed by atoms with Crippen LogP contribution in [0.4, 0.5) is 13.2 Å². The highest BCUT2D eigenvalue weighted by Gasteiger charge is 2.20. The fourth-order valence-corrected chi connectivity index (χ4v) is 2.04. The van der Waals surface area contributed by atoms with E-state index in [1.54, 1.807) is 19.1 Å². The Morgan fingerprint density at radius 1 is 1.38 bits per heavy atom. The van der Waals surface area contributed by atoms with Crippen LogP contribution in [0.15, 0.2) is 29.4 Å². The highest BCUT2D eigenvalue weighted by molar-refractivity contribution is 5.89. The van der Waals surface area contributed by atoms with Crippen molar-refractivity contribution in [3.8, 4) is 0 Å². The van der Waals surface area contributed by atoms with E-state index in [0.29, 0.717) is 11.1 Å². The van der Waals surface area contributed by atoms with E-state index < -0.39 is 23.9 Å². The van der Waals surface area contributed by atoms with E-state index in [9.17, 15) is 18.0 Å². The molecule has 2 N–H and O–H groups in total. The molecule has 0 fully saturated rings. The van der Waals surface area contributed by atoms with Crippen LogP contribution in [0.25, 0.3) is 0 Å². The minimum absolute atomic E-state index is 0.0592. The van der Waals surface area contributed by atoms with Gasteiger partial charge in [0, 0.05) is 19.5 Å². The molecule has 1 aromatic carbocycles. The van der Waals surface area contributed by atoms with Gasteiger partial charge in [0.25, 0.3) is 6.43 Å². The van der Waals surface area contributed by atoms with Gasteiger partial charge in [0.1, 0.15) is 17.3 Å². The topological polar surface area (TPSA) is 82.5 Å². The first kappa shape index (κ1) is 21.2. The van der Waals surface area contributed by atoms with Gasteiger partial charge in [-0.3, -0.25) is 4.68 Å². The first-order valence-electron chi connectivity index (χ1n) is 7.89. The van der Waals surface area contributed by atoms with Crippen LogP contribution in [-0.4, -0.2) is 21.6 Å².